The summed E-state index contributed by atoms with van der Waals surface area (Å²) in [5.74, 6) is 6.90. The van der Waals surface area contributed by atoms with E-state index in [1.165, 1.54) is 212 Å². The summed E-state index contributed by atoms with van der Waals surface area (Å²) in [5.41, 5.74) is 0. The highest BCUT2D eigenvalue weighted by Crippen LogP contribution is 2.46. The summed E-state index contributed by atoms with van der Waals surface area (Å²) in [4.78, 5) is 0. The summed E-state index contributed by atoms with van der Waals surface area (Å²) in [7, 11) is 0. The van der Waals surface area contributed by atoms with Gasteiger partial charge in [-0.15, -0.1) is 0 Å². The molecule has 0 aromatic rings. The Hall–Kier alpha value is -0.0400. The van der Waals surface area contributed by atoms with E-state index in [9.17, 15) is 5.11 Å². The van der Waals surface area contributed by atoms with Crippen molar-refractivity contribution in [3.63, 3.8) is 0 Å². The van der Waals surface area contributed by atoms with E-state index in [1.54, 1.807) is 0 Å². The molecule has 0 amide bonds. The predicted octanol–water partition coefficient (Wildman–Crippen LogP) is 18.4. The maximum Gasteiger partial charge on any atom is 0.0433 e. The largest absolute Gasteiger partial charge is 0.396 e. The minimum atomic E-state index is 0.373. The average Bonchev–Trinajstić information content (AvgIpc) is 3.16. The van der Waals surface area contributed by atoms with Crippen LogP contribution in [0, 0.1) is 47.3 Å². The minimum absolute atomic E-state index is 0.373. The molecule has 0 radical (unpaired) electrons. The third kappa shape index (κ3) is 27.3. The molecule has 0 bridgehead atoms. The van der Waals surface area contributed by atoms with Crippen LogP contribution in [0.4, 0.5) is 0 Å². The first-order valence-corrected chi connectivity index (χ1v) is 25.5. The van der Waals surface area contributed by atoms with Gasteiger partial charge in [-0.25, -0.2) is 0 Å². The van der Waals surface area contributed by atoms with Crippen LogP contribution in [-0.2, 0) is 0 Å². The van der Waals surface area contributed by atoms with E-state index in [4.69, 9.17) is 0 Å². The average molecular weight is 747 g/mol. The zero-order valence-corrected chi connectivity index (χ0v) is 38.8. The molecular formula is C52H106O. The smallest absolute Gasteiger partial charge is 0.0433 e. The molecule has 1 nitrogen and oxygen atoms in total. The van der Waals surface area contributed by atoms with Crippen LogP contribution in [-0.4, -0.2) is 11.7 Å². The van der Waals surface area contributed by atoms with E-state index in [-0.39, 0.29) is 0 Å². The van der Waals surface area contributed by atoms with Crippen LogP contribution < -0.4 is 0 Å². The molecule has 0 aliphatic carbocycles. The number of aliphatic hydroxyl groups is 1. The Morgan fingerprint density at radius 1 is 0.283 bits per heavy atom. The minimum Gasteiger partial charge on any atom is -0.396 e. The second-order valence-corrected chi connectivity index (χ2v) is 18.7. The van der Waals surface area contributed by atoms with Crippen molar-refractivity contribution in [3.8, 4) is 0 Å². The van der Waals surface area contributed by atoms with Gasteiger partial charge in [-0.05, 0) is 79.4 Å². The van der Waals surface area contributed by atoms with Crippen LogP contribution in [0.15, 0.2) is 0 Å². The van der Waals surface area contributed by atoms with Gasteiger partial charge in [-0.3, -0.25) is 0 Å². The van der Waals surface area contributed by atoms with Gasteiger partial charge in [0.05, 0.1) is 0 Å². The van der Waals surface area contributed by atoms with Gasteiger partial charge in [0.15, 0.2) is 0 Å². The molecule has 0 spiro atoms. The quantitative estimate of drug-likeness (QED) is 0.0617. The Morgan fingerprint density at radius 2 is 0.642 bits per heavy atom. The third-order valence-corrected chi connectivity index (χ3v) is 14.1. The molecular weight excluding hydrogens is 641 g/mol. The van der Waals surface area contributed by atoms with Gasteiger partial charge in [-0.1, -0.05) is 249 Å². The third-order valence-electron chi connectivity index (χ3n) is 14.1. The number of hydrogen-bond donors (Lipinski definition) is 1. The SMILES string of the molecule is CCCCCC(CCCC)CC(CC(CC(CC)CCO)C(CC(CCCC)CCCCC)C(CCCC)CCCCC)C(CCCC)CCCCC. The van der Waals surface area contributed by atoms with Crippen molar-refractivity contribution in [2.45, 2.75) is 281 Å². The molecule has 0 saturated heterocycles. The molecule has 1 heteroatoms. The molecule has 0 aromatic heterocycles. The zero-order valence-electron chi connectivity index (χ0n) is 38.8. The van der Waals surface area contributed by atoms with Crippen molar-refractivity contribution in [2.24, 2.45) is 47.3 Å². The van der Waals surface area contributed by atoms with Gasteiger partial charge in [-0.2, -0.15) is 0 Å². The number of rotatable bonds is 42. The van der Waals surface area contributed by atoms with E-state index in [2.05, 4.69) is 62.3 Å². The Kier molecular flexibility index (Phi) is 38.8. The fourth-order valence-corrected chi connectivity index (χ4v) is 10.5. The van der Waals surface area contributed by atoms with Gasteiger partial charge >= 0.3 is 0 Å². The molecule has 1 N–H and O–H groups in total. The first kappa shape index (κ1) is 53.0. The molecule has 0 saturated carbocycles. The lowest BCUT2D eigenvalue weighted by atomic mass is 9.64. The highest BCUT2D eigenvalue weighted by Gasteiger charge is 2.36. The molecule has 0 aliphatic heterocycles. The Balaban J connectivity index is 7.32. The van der Waals surface area contributed by atoms with Gasteiger partial charge in [0, 0.05) is 6.61 Å². The summed E-state index contributed by atoms with van der Waals surface area (Å²) < 4.78 is 0. The second kappa shape index (κ2) is 38.8. The molecule has 0 heterocycles. The summed E-state index contributed by atoms with van der Waals surface area (Å²) >= 11 is 0. The molecule has 0 rings (SSSR count). The Morgan fingerprint density at radius 3 is 1.09 bits per heavy atom. The lowest BCUT2D eigenvalue weighted by Crippen LogP contribution is -2.32. The maximum absolute atomic E-state index is 10.3. The van der Waals surface area contributed by atoms with Gasteiger partial charge in [0.2, 0.25) is 0 Å². The summed E-state index contributed by atoms with van der Waals surface area (Å²) in [6.07, 6.45) is 47.8. The van der Waals surface area contributed by atoms with Crippen LogP contribution in [0.5, 0.6) is 0 Å². The number of unbranched alkanes of at least 4 members (excludes halogenated alkanes) is 12. The lowest BCUT2D eigenvalue weighted by molar-refractivity contribution is 0.0821. The fraction of sp³-hybridized carbons (Fsp3) is 1.00. The van der Waals surface area contributed by atoms with Crippen molar-refractivity contribution in [1.82, 2.24) is 0 Å². The number of aliphatic hydroxyl groups excluding tert-OH is 1. The number of hydrogen-bond acceptors (Lipinski definition) is 1. The van der Waals surface area contributed by atoms with Crippen molar-refractivity contribution < 1.29 is 5.11 Å². The highest BCUT2D eigenvalue weighted by atomic mass is 16.3. The van der Waals surface area contributed by atoms with Crippen LogP contribution in [0.2, 0.25) is 0 Å². The highest BCUT2D eigenvalue weighted by molar-refractivity contribution is 4.86. The fourth-order valence-electron chi connectivity index (χ4n) is 10.5. The van der Waals surface area contributed by atoms with Crippen molar-refractivity contribution in [1.29, 1.82) is 0 Å². The predicted molar refractivity (Wildman–Crippen MR) is 243 cm³/mol. The summed E-state index contributed by atoms with van der Waals surface area (Å²) in [6, 6.07) is 0. The van der Waals surface area contributed by atoms with E-state index in [1.807, 2.05) is 0 Å². The van der Waals surface area contributed by atoms with Crippen LogP contribution in [0.1, 0.15) is 281 Å². The second-order valence-electron chi connectivity index (χ2n) is 18.7. The Bertz CT molecular complexity index is 701. The standard InChI is InChI=1S/C52H106O/c1-10-19-27-33-46(31-23-14-5)42-50(48(35-25-16-7)37-29-21-12-3)44-51(41-45(18-9)39-40-53)52(49(36-26-17-8)38-30-22-13-4)43-47(32-24-15-6)34-28-20-11-2/h45-53H,10-44H2,1-9H3. The van der Waals surface area contributed by atoms with Crippen molar-refractivity contribution in [2.75, 3.05) is 6.61 Å². The van der Waals surface area contributed by atoms with Crippen LogP contribution >= 0.6 is 0 Å². The van der Waals surface area contributed by atoms with Gasteiger partial charge < -0.3 is 5.11 Å². The van der Waals surface area contributed by atoms with E-state index >= 15 is 0 Å². The van der Waals surface area contributed by atoms with Gasteiger partial charge in [0.25, 0.3) is 0 Å². The summed E-state index contributed by atoms with van der Waals surface area (Å²) in [5, 5.41) is 10.3. The monoisotopic (exact) mass is 747 g/mol. The molecule has 53 heavy (non-hydrogen) atoms. The molecule has 0 aliphatic rings. The van der Waals surface area contributed by atoms with E-state index in [0.29, 0.717) is 12.5 Å². The van der Waals surface area contributed by atoms with Crippen molar-refractivity contribution >= 4 is 0 Å². The maximum atomic E-state index is 10.3. The topological polar surface area (TPSA) is 20.2 Å². The summed E-state index contributed by atoms with van der Waals surface area (Å²) in [6.45, 7) is 22.2. The normalized spacial score (nSPS) is 16.6. The van der Waals surface area contributed by atoms with Crippen molar-refractivity contribution in [3.05, 3.63) is 0 Å². The first-order chi connectivity index (χ1) is 25.9. The zero-order chi connectivity index (χ0) is 39.4. The van der Waals surface area contributed by atoms with Crippen LogP contribution in [0.3, 0.4) is 0 Å². The van der Waals surface area contributed by atoms with Crippen LogP contribution in [0.25, 0.3) is 0 Å². The molecule has 0 fully saturated rings. The molecule has 8 unspecified atom stereocenters. The van der Waals surface area contributed by atoms with E-state index < -0.39 is 0 Å². The first-order valence-electron chi connectivity index (χ1n) is 25.5. The van der Waals surface area contributed by atoms with Gasteiger partial charge in [0.1, 0.15) is 0 Å². The van der Waals surface area contributed by atoms with E-state index in [0.717, 1.165) is 47.8 Å². The Labute approximate surface area is 338 Å². The molecule has 0 aromatic carbocycles. The molecule has 320 valence electrons. The molecule has 8 atom stereocenters. The lowest BCUT2D eigenvalue weighted by Gasteiger charge is -2.42.